The molecule has 0 aliphatic carbocycles. The van der Waals surface area contributed by atoms with Gasteiger partial charge in [-0.1, -0.05) is 23.2 Å². The molecule has 1 fully saturated rings. The van der Waals surface area contributed by atoms with Crippen molar-refractivity contribution in [3.63, 3.8) is 0 Å². The van der Waals surface area contributed by atoms with E-state index in [-0.39, 0.29) is 0 Å². The number of benzene rings is 2. The third-order valence-corrected chi connectivity index (χ3v) is 4.51. The number of hydrogen-bond donors (Lipinski definition) is 1. The summed E-state index contributed by atoms with van der Waals surface area (Å²) >= 11 is 12.3. The zero-order valence-electron chi connectivity index (χ0n) is 13.5. The van der Waals surface area contributed by atoms with Crippen LogP contribution >= 0.6 is 23.2 Å². The van der Waals surface area contributed by atoms with Gasteiger partial charge in [0.05, 0.1) is 25.3 Å². The van der Waals surface area contributed by atoms with Gasteiger partial charge in [0.15, 0.2) is 0 Å². The molecule has 2 aromatic rings. The van der Waals surface area contributed by atoms with Crippen molar-refractivity contribution in [2.45, 2.75) is 6.54 Å². The number of ether oxygens (including phenoxy) is 2. The predicted molar refractivity (Wildman–Crippen MR) is 99.8 cm³/mol. The van der Waals surface area contributed by atoms with Crippen molar-refractivity contribution >= 4 is 34.6 Å². The van der Waals surface area contributed by atoms with Gasteiger partial charge >= 0.3 is 0 Å². The molecular weight excluding hydrogens is 347 g/mol. The summed E-state index contributed by atoms with van der Waals surface area (Å²) in [5.74, 6) is 0.651. The maximum atomic E-state index is 6.17. The van der Waals surface area contributed by atoms with E-state index in [1.54, 1.807) is 13.2 Å². The summed E-state index contributed by atoms with van der Waals surface area (Å²) in [6.07, 6.45) is 0. The first-order chi connectivity index (χ1) is 11.7. The highest BCUT2D eigenvalue weighted by atomic mass is 35.5. The summed E-state index contributed by atoms with van der Waals surface area (Å²) in [4.78, 5) is 2.33. The maximum absolute atomic E-state index is 6.17. The van der Waals surface area contributed by atoms with Crippen molar-refractivity contribution in [3.05, 3.63) is 52.0 Å². The van der Waals surface area contributed by atoms with Crippen molar-refractivity contribution in [3.8, 4) is 5.75 Å². The van der Waals surface area contributed by atoms with Crippen LogP contribution in [0.5, 0.6) is 5.75 Å². The van der Waals surface area contributed by atoms with Crippen LogP contribution in [-0.2, 0) is 11.3 Å². The van der Waals surface area contributed by atoms with Crippen LogP contribution in [0.4, 0.5) is 11.4 Å². The molecule has 6 heteroatoms. The van der Waals surface area contributed by atoms with Crippen molar-refractivity contribution < 1.29 is 9.47 Å². The Balaban J connectivity index is 1.67. The topological polar surface area (TPSA) is 33.7 Å². The largest absolute Gasteiger partial charge is 0.495 e. The summed E-state index contributed by atoms with van der Waals surface area (Å²) in [5, 5.41) is 4.50. The van der Waals surface area contributed by atoms with Gasteiger partial charge < -0.3 is 19.7 Å². The number of nitrogens with one attached hydrogen (secondary N) is 1. The quantitative estimate of drug-likeness (QED) is 0.847. The Morgan fingerprint density at radius 3 is 2.50 bits per heavy atom. The molecule has 1 heterocycles. The van der Waals surface area contributed by atoms with Gasteiger partial charge in [0.1, 0.15) is 5.75 Å². The minimum atomic E-state index is 0.518. The van der Waals surface area contributed by atoms with Crippen LogP contribution < -0.4 is 15.0 Å². The molecule has 1 aliphatic rings. The number of morpholine rings is 1. The second-order valence-corrected chi connectivity index (χ2v) is 6.42. The van der Waals surface area contributed by atoms with E-state index in [1.165, 1.54) is 5.69 Å². The van der Waals surface area contributed by atoms with Gasteiger partial charge in [-0.25, -0.2) is 0 Å². The normalized spacial score (nSPS) is 14.5. The standard InChI is InChI=1S/C18H20Cl2N2O2/c1-23-18-13(10-14(19)11-17(18)20)12-21-15-2-4-16(5-3-15)22-6-8-24-9-7-22/h2-5,10-11,21H,6-9,12H2,1H3. The zero-order valence-corrected chi connectivity index (χ0v) is 15.0. The van der Waals surface area contributed by atoms with Gasteiger partial charge in [-0.05, 0) is 36.4 Å². The van der Waals surface area contributed by atoms with E-state index in [0.717, 1.165) is 37.6 Å². The Hall–Kier alpha value is -1.62. The number of rotatable bonds is 5. The lowest BCUT2D eigenvalue weighted by Gasteiger charge is -2.29. The number of halogens is 2. The van der Waals surface area contributed by atoms with Crippen LogP contribution in [0.25, 0.3) is 0 Å². The first-order valence-corrected chi connectivity index (χ1v) is 8.61. The average Bonchev–Trinajstić information content (AvgIpc) is 2.61. The van der Waals surface area contributed by atoms with E-state index in [4.69, 9.17) is 32.7 Å². The van der Waals surface area contributed by atoms with E-state index < -0.39 is 0 Å². The van der Waals surface area contributed by atoms with Crippen LogP contribution in [0.1, 0.15) is 5.56 Å². The molecule has 1 N–H and O–H groups in total. The molecule has 0 aromatic heterocycles. The number of methoxy groups -OCH3 is 1. The van der Waals surface area contributed by atoms with Crippen LogP contribution in [0.2, 0.25) is 10.0 Å². The molecule has 0 radical (unpaired) electrons. The maximum Gasteiger partial charge on any atom is 0.142 e. The molecule has 4 nitrogen and oxygen atoms in total. The predicted octanol–water partition coefficient (Wildman–Crippen LogP) is 4.45. The Morgan fingerprint density at radius 2 is 1.83 bits per heavy atom. The van der Waals surface area contributed by atoms with Gasteiger partial charge in [-0.3, -0.25) is 0 Å². The highest BCUT2D eigenvalue weighted by Crippen LogP contribution is 2.32. The van der Waals surface area contributed by atoms with Crippen molar-refractivity contribution in [2.24, 2.45) is 0 Å². The Bertz CT molecular complexity index is 686. The first kappa shape index (κ1) is 17.2. The molecule has 0 bridgehead atoms. The molecule has 3 rings (SSSR count). The van der Waals surface area contributed by atoms with E-state index in [9.17, 15) is 0 Å². The van der Waals surface area contributed by atoms with E-state index in [1.807, 2.05) is 6.07 Å². The molecular formula is C18H20Cl2N2O2. The highest BCUT2D eigenvalue weighted by Gasteiger charge is 2.12. The molecule has 0 spiro atoms. The van der Waals surface area contributed by atoms with Gasteiger partial charge in [-0.15, -0.1) is 0 Å². The van der Waals surface area contributed by atoms with Crippen molar-refractivity contribution in [1.82, 2.24) is 0 Å². The molecule has 1 aliphatic heterocycles. The summed E-state index contributed by atoms with van der Waals surface area (Å²) in [6, 6.07) is 11.9. The molecule has 0 amide bonds. The minimum absolute atomic E-state index is 0.518. The summed E-state index contributed by atoms with van der Waals surface area (Å²) < 4.78 is 10.8. The first-order valence-electron chi connectivity index (χ1n) is 7.86. The van der Waals surface area contributed by atoms with Crippen molar-refractivity contribution in [1.29, 1.82) is 0 Å². The third kappa shape index (κ3) is 4.07. The second-order valence-electron chi connectivity index (χ2n) is 5.58. The average molecular weight is 367 g/mol. The van der Waals surface area contributed by atoms with Crippen LogP contribution in [0, 0.1) is 0 Å². The summed E-state index contributed by atoms with van der Waals surface area (Å²) in [6.45, 7) is 4.03. The van der Waals surface area contributed by atoms with E-state index >= 15 is 0 Å². The van der Waals surface area contributed by atoms with E-state index in [2.05, 4.69) is 34.5 Å². The van der Waals surface area contributed by atoms with Crippen LogP contribution in [0.3, 0.4) is 0 Å². The van der Waals surface area contributed by atoms with Gasteiger partial charge in [-0.2, -0.15) is 0 Å². The lowest BCUT2D eigenvalue weighted by molar-refractivity contribution is 0.122. The molecule has 0 unspecified atom stereocenters. The monoisotopic (exact) mass is 366 g/mol. The van der Waals surface area contributed by atoms with Gasteiger partial charge in [0.2, 0.25) is 0 Å². The molecule has 0 atom stereocenters. The molecule has 24 heavy (non-hydrogen) atoms. The van der Waals surface area contributed by atoms with E-state index in [0.29, 0.717) is 22.3 Å². The summed E-state index contributed by atoms with van der Waals surface area (Å²) in [5.41, 5.74) is 3.17. The minimum Gasteiger partial charge on any atom is -0.495 e. The highest BCUT2D eigenvalue weighted by molar-refractivity contribution is 6.35. The SMILES string of the molecule is COc1c(Cl)cc(Cl)cc1CNc1ccc(N2CCOCC2)cc1. The molecule has 0 saturated carbocycles. The van der Waals surface area contributed by atoms with Crippen LogP contribution in [-0.4, -0.2) is 33.4 Å². The van der Waals surface area contributed by atoms with Crippen LogP contribution in [0.15, 0.2) is 36.4 Å². The van der Waals surface area contributed by atoms with Gasteiger partial charge in [0, 0.05) is 41.6 Å². The fourth-order valence-electron chi connectivity index (χ4n) is 2.78. The smallest absolute Gasteiger partial charge is 0.142 e. The number of nitrogens with zero attached hydrogens (tertiary/aromatic N) is 1. The zero-order chi connectivity index (χ0) is 16.9. The lowest BCUT2D eigenvalue weighted by Crippen LogP contribution is -2.36. The fraction of sp³-hybridized carbons (Fsp3) is 0.333. The van der Waals surface area contributed by atoms with Crippen molar-refractivity contribution in [2.75, 3.05) is 43.6 Å². The molecule has 2 aromatic carbocycles. The molecule has 1 saturated heterocycles. The summed E-state index contributed by atoms with van der Waals surface area (Å²) in [7, 11) is 1.61. The molecule has 128 valence electrons. The fourth-order valence-corrected chi connectivity index (χ4v) is 3.40. The Morgan fingerprint density at radius 1 is 1.12 bits per heavy atom. The third-order valence-electron chi connectivity index (χ3n) is 4.02. The number of anilines is 2. The Labute approximate surface area is 152 Å². The van der Waals surface area contributed by atoms with Gasteiger partial charge in [0.25, 0.3) is 0 Å². The Kier molecular flexibility index (Phi) is 5.72. The number of hydrogen-bond acceptors (Lipinski definition) is 4. The second kappa shape index (κ2) is 7.97. The lowest BCUT2D eigenvalue weighted by atomic mass is 10.2.